The van der Waals surface area contributed by atoms with E-state index in [4.69, 9.17) is 0 Å². The molecule has 1 unspecified atom stereocenters. The Hall–Kier alpha value is -2.04. The molecule has 1 fully saturated rings. The molecule has 0 bridgehead atoms. The maximum absolute atomic E-state index is 12.0. The highest BCUT2D eigenvalue weighted by Gasteiger charge is 2.23. The first-order chi connectivity index (χ1) is 10.7. The molecule has 5 nitrogen and oxygen atoms in total. The molecule has 1 saturated heterocycles. The van der Waals surface area contributed by atoms with Crippen molar-refractivity contribution in [3.8, 4) is 0 Å². The summed E-state index contributed by atoms with van der Waals surface area (Å²) in [5.74, 6) is 0.143. The zero-order valence-electron chi connectivity index (χ0n) is 12.8. The van der Waals surface area contributed by atoms with E-state index < -0.39 is 0 Å². The van der Waals surface area contributed by atoms with Gasteiger partial charge in [-0.2, -0.15) is 0 Å². The molecular formula is C17H23N3O2. The van der Waals surface area contributed by atoms with Gasteiger partial charge in [-0.15, -0.1) is 0 Å². The summed E-state index contributed by atoms with van der Waals surface area (Å²) >= 11 is 0. The number of carbonyl (C=O) groups is 2. The number of benzene rings is 1. The van der Waals surface area contributed by atoms with Gasteiger partial charge in [-0.1, -0.05) is 24.3 Å². The van der Waals surface area contributed by atoms with Crippen LogP contribution >= 0.6 is 0 Å². The summed E-state index contributed by atoms with van der Waals surface area (Å²) in [6, 6.07) is 8.13. The SMILES string of the molecule is O=C(NCCC(=O)N1CCCC1)NC1CCc2ccccc21. The van der Waals surface area contributed by atoms with Crippen molar-refractivity contribution in [2.24, 2.45) is 0 Å². The van der Waals surface area contributed by atoms with Crippen LogP contribution in [0.15, 0.2) is 24.3 Å². The number of rotatable bonds is 4. The number of hydrogen-bond acceptors (Lipinski definition) is 2. The van der Waals surface area contributed by atoms with Gasteiger partial charge in [0.25, 0.3) is 0 Å². The fraction of sp³-hybridized carbons (Fsp3) is 0.529. The number of carbonyl (C=O) groups excluding carboxylic acids is 2. The summed E-state index contributed by atoms with van der Waals surface area (Å²) in [6.45, 7) is 2.13. The largest absolute Gasteiger partial charge is 0.343 e. The Bertz CT molecular complexity index is 553. The standard InChI is InChI=1S/C17H23N3O2/c21-16(20-11-3-4-12-20)9-10-18-17(22)19-15-8-7-13-5-1-2-6-14(13)15/h1-2,5-6,15H,3-4,7-12H2,(H2,18,19,22). The second kappa shape index (κ2) is 6.81. The lowest BCUT2D eigenvalue weighted by molar-refractivity contribution is -0.129. The van der Waals surface area contributed by atoms with Gasteiger partial charge in [0.2, 0.25) is 5.91 Å². The van der Waals surface area contributed by atoms with Gasteiger partial charge in [0.15, 0.2) is 0 Å². The topological polar surface area (TPSA) is 61.4 Å². The van der Waals surface area contributed by atoms with E-state index in [-0.39, 0.29) is 18.0 Å². The predicted octanol–water partition coefficient (Wildman–Crippen LogP) is 1.99. The molecule has 1 heterocycles. The molecule has 22 heavy (non-hydrogen) atoms. The van der Waals surface area contributed by atoms with Crippen molar-refractivity contribution >= 4 is 11.9 Å². The smallest absolute Gasteiger partial charge is 0.315 e. The molecule has 0 aromatic heterocycles. The number of nitrogens with one attached hydrogen (secondary N) is 2. The quantitative estimate of drug-likeness (QED) is 0.893. The van der Waals surface area contributed by atoms with E-state index in [0.717, 1.165) is 38.8 Å². The first-order valence-electron chi connectivity index (χ1n) is 8.14. The van der Waals surface area contributed by atoms with Gasteiger partial charge in [0.1, 0.15) is 0 Å². The molecule has 1 aromatic carbocycles. The van der Waals surface area contributed by atoms with Gasteiger partial charge in [0, 0.05) is 26.1 Å². The van der Waals surface area contributed by atoms with E-state index in [1.807, 2.05) is 17.0 Å². The van der Waals surface area contributed by atoms with Gasteiger partial charge in [0.05, 0.1) is 6.04 Å². The summed E-state index contributed by atoms with van der Waals surface area (Å²) in [5.41, 5.74) is 2.53. The lowest BCUT2D eigenvalue weighted by Gasteiger charge is -2.17. The van der Waals surface area contributed by atoms with E-state index in [1.54, 1.807) is 0 Å². The number of likely N-dealkylation sites (tertiary alicyclic amines) is 1. The molecule has 3 amide bonds. The first kappa shape index (κ1) is 14.9. The van der Waals surface area contributed by atoms with Crippen LogP contribution in [0.5, 0.6) is 0 Å². The van der Waals surface area contributed by atoms with Crippen molar-refractivity contribution in [3.05, 3.63) is 35.4 Å². The van der Waals surface area contributed by atoms with Crippen LogP contribution in [0.3, 0.4) is 0 Å². The lowest BCUT2D eigenvalue weighted by Crippen LogP contribution is -2.39. The number of nitrogens with zero attached hydrogens (tertiary/aromatic N) is 1. The molecule has 1 aliphatic heterocycles. The molecule has 0 saturated carbocycles. The molecule has 1 atom stereocenters. The van der Waals surface area contributed by atoms with Crippen molar-refractivity contribution in [2.45, 2.75) is 38.1 Å². The van der Waals surface area contributed by atoms with E-state index in [9.17, 15) is 9.59 Å². The molecule has 1 aliphatic carbocycles. The normalized spacial score (nSPS) is 19.8. The van der Waals surface area contributed by atoms with Crippen LogP contribution in [0, 0.1) is 0 Å². The van der Waals surface area contributed by atoms with E-state index in [1.165, 1.54) is 11.1 Å². The number of fused-ring (bicyclic) bond motifs is 1. The number of aryl methyl sites for hydroxylation is 1. The molecule has 3 rings (SSSR count). The molecular weight excluding hydrogens is 278 g/mol. The minimum atomic E-state index is -0.184. The summed E-state index contributed by atoms with van der Waals surface area (Å²) in [5, 5.41) is 5.80. The highest BCUT2D eigenvalue weighted by atomic mass is 16.2. The van der Waals surface area contributed by atoms with Crippen LogP contribution in [0.4, 0.5) is 4.79 Å². The van der Waals surface area contributed by atoms with Crippen LogP contribution in [-0.2, 0) is 11.2 Å². The molecule has 0 radical (unpaired) electrons. The molecule has 0 spiro atoms. The zero-order valence-corrected chi connectivity index (χ0v) is 12.8. The van der Waals surface area contributed by atoms with Gasteiger partial charge >= 0.3 is 6.03 Å². The first-order valence-corrected chi connectivity index (χ1v) is 8.14. The van der Waals surface area contributed by atoms with Gasteiger partial charge in [-0.05, 0) is 36.8 Å². The minimum Gasteiger partial charge on any atom is -0.343 e. The average Bonchev–Trinajstić information content (AvgIpc) is 3.17. The second-order valence-corrected chi connectivity index (χ2v) is 6.03. The van der Waals surface area contributed by atoms with Crippen molar-refractivity contribution in [3.63, 3.8) is 0 Å². The Labute approximate surface area is 131 Å². The minimum absolute atomic E-state index is 0.0884. The maximum Gasteiger partial charge on any atom is 0.315 e. The third-order valence-electron chi connectivity index (χ3n) is 4.52. The molecule has 2 N–H and O–H groups in total. The van der Waals surface area contributed by atoms with Crippen LogP contribution in [-0.4, -0.2) is 36.5 Å². The number of hydrogen-bond donors (Lipinski definition) is 2. The van der Waals surface area contributed by atoms with Gasteiger partial charge in [-0.3, -0.25) is 4.79 Å². The molecule has 2 aliphatic rings. The van der Waals surface area contributed by atoms with Crippen LogP contribution in [0.25, 0.3) is 0 Å². The Balaban J connectivity index is 1.41. The fourth-order valence-corrected chi connectivity index (χ4v) is 3.32. The Kier molecular flexibility index (Phi) is 4.61. The summed E-state index contributed by atoms with van der Waals surface area (Å²) in [7, 11) is 0. The van der Waals surface area contributed by atoms with E-state index in [2.05, 4.69) is 22.8 Å². The summed E-state index contributed by atoms with van der Waals surface area (Å²) in [6.07, 6.45) is 4.53. The molecule has 5 heteroatoms. The monoisotopic (exact) mass is 301 g/mol. The Morgan fingerprint density at radius 1 is 1.18 bits per heavy atom. The Morgan fingerprint density at radius 2 is 1.95 bits per heavy atom. The predicted molar refractivity (Wildman–Crippen MR) is 84.5 cm³/mol. The van der Waals surface area contributed by atoms with Crippen LogP contribution in [0.1, 0.15) is 42.9 Å². The number of urea groups is 1. The zero-order chi connectivity index (χ0) is 15.4. The molecule has 118 valence electrons. The van der Waals surface area contributed by atoms with E-state index in [0.29, 0.717) is 13.0 Å². The van der Waals surface area contributed by atoms with Crippen molar-refractivity contribution in [1.82, 2.24) is 15.5 Å². The third kappa shape index (κ3) is 3.40. The average molecular weight is 301 g/mol. The summed E-state index contributed by atoms with van der Waals surface area (Å²) < 4.78 is 0. The fourth-order valence-electron chi connectivity index (χ4n) is 3.32. The maximum atomic E-state index is 12.0. The number of amides is 3. The lowest BCUT2D eigenvalue weighted by atomic mass is 10.1. The third-order valence-corrected chi connectivity index (χ3v) is 4.52. The summed E-state index contributed by atoms with van der Waals surface area (Å²) in [4.78, 5) is 25.7. The highest BCUT2D eigenvalue weighted by Crippen LogP contribution is 2.30. The van der Waals surface area contributed by atoms with E-state index >= 15 is 0 Å². The van der Waals surface area contributed by atoms with Crippen LogP contribution in [0.2, 0.25) is 0 Å². The van der Waals surface area contributed by atoms with Gasteiger partial charge < -0.3 is 15.5 Å². The Morgan fingerprint density at radius 3 is 2.77 bits per heavy atom. The van der Waals surface area contributed by atoms with Crippen molar-refractivity contribution in [1.29, 1.82) is 0 Å². The van der Waals surface area contributed by atoms with Gasteiger partial charge in [-0.25, -0.2) is 4.79 Å². The van der Waals surface area contributed by atoms with Crippen molar-refractivity contribution in [2.75, 3.05) is 19.6 Å². The van der Waals surface area contributed by atoms with Crippen LogP contribution < -0.4 is 10.6 Å². The molecule has 1 aromatic rings. The second-order valence-electron chi connectivity index (χ2n) is 6.03. The van der Waals surface area contributed by atoms with Crippen molar-refractivity contribution < 1.29 is 9.59 Å². The highest BCUT2D eigenvalue weighted by molar-refractivity contribution is 5.78.